The van der Waals surface area contributed by atoms with Gasteiger partial charge in [-0.3, -0.25) is 5.32 Å². The van der Waals surface area contributed by atoms with E-state index in [1.807, 2.05) is 0 Å². The summed E-state index contributed by atoms with van der Waals surface area (Å²) in [6.45, 7) is 8.23. The summed E-state index contributed by atoms with van der Waals surface area (Å²) in [5.74, 6) is 2.71. The second-order valence-electron chi connectivity index (χ2n) is 4.51. The molecule has 98 valence electrons. The molecule has 0 aromatic carbocycles. The summed E-state index contributed by atoms with van der Waals surface area (Å²) >= 11 is 0. The average molecular weight is 251 g/mol. The van der Waals surface area contributed by atoms with Crippen LogP contribution in [0.25, 0.3) is 0 Å². The van der Waals surface area contributed by atoms with Crippen molar-refractivity contribution in [2.75, 3.05) is 0 Å². The van der Waals surface area contributed by atoms with E-state index < -0.39 is 0 Å². The molecule has 0 bridgehead atoms. The summed E-state index contributed by atoms with van der Waals surface area (Å²) in [6.07, 6.45) is 0. The lowest BCUT2D eigenvalue weighted by molar-refractivity contribution is 0.284. The van der Waals surface area contributed by atoms with Crippen LogP contribution in [0.3, 0.4) is 0 Å². The molecule has 0 radical (unpaired) electrons. The van der Waals surface area contributed by atoms with Gasteiger partial charge in [0.15, 0.2) is 11.6 Å². The van der Waals surface area contributed by atoms with Crippen molar-refractivity contribution in [3.63, 3.8) is 0 Å². The van der Waals surface area contributed by atoms with Crippen LogP contribution in [0.2, 0.25) is 0 Å². The van der Waals surface area contributed by atoms with Crippen LogP contribution in [0.5, 0.6) is 0 Å². The first-order chi connectivity index (χ1) is 8.56. The minimum atomic E-state index is -0.0231. The largest absolute Gasteiger partial charge is 0.340 e. The fraction of sp³-hybridized carbons (Fsp3) is 0.636. The maximum atomic E-state index is 5.19. The third kappa shape index (κ3) is 2.92. The van der Waals surface area contributed by atoms with Crippen LogP contribution in [0.15, 0.2) is 9.05 Å². The van der Waals surface area contributed by atoms with E-state index in [9.17, 15) is 0 Å². The van der Waals surface area contributed by atoms with Crippen LogP contribution < -0.4 is 5.32 Å². The zero-order valence-electron chi connectivity index (χ0n) is 11.0. The second-order valence-corrected chi connectivity index (χ2v) is 4.51. The number of hydrogen-bond donors (Lipinski definition) is 1. The SMILES string of the molecule is Cc1noc([C@H](NCc2noc(C)n2)C(C)C)n1. The lowest BCUT2D eigenvalue weighted by atomic mass is 10.0. The van der Waals surface area contributed by atoms with E-state index in [1.54, 1.807) is 13.8 Å². The van der Waals surface area contributed by atoms with Crippen molar-refractivity contribution in [1.29, 1.82) is 0 Å². The third-order valence-corrected chi connectivity index (χ3v) is 2.53. The van der Waals surface area contributed by atoms with Crippen molar-refractivity contribution in [1.82, 2.24) is 25.6 Å². The molecule has 2 aromatic heterocycles. The van der Waals surface area contributed by atoms with Crippen LogP contribution in [0, 0.1) is 19.8 Å². The lowest BCUT2D eigenvalue weighted by Gasteiger charge is -2.17. The summed E-state index contributed by atoms with van der Waals surface area (Å²) in [7, 11) is 0. The van der Waals surface area contributed by atoms with Gasteiger partial charge in [0, 0.05) is 6.92 Å². The maximum absolute atomic E-state index is 5.19. The predicted molar refractivity (Wildman–Crippen MR) is 62.5 cm³/mol. The van der Waals surface area contributed by atoms with E-state index in [-0.39, 0.29) is 6.04 Å². The Bertz CT molecular complexity index is 505. The smallest absolute Gasteiger partial charge is 0.244 e. The van der Waals surface area contributed by atoms with Gasteiger partial charge in [-0.2, -0.15) is 9.97 Å². The van der Waals surface area contributed by atoms with Crippen LogP contribution >= 0.6 is 0 Å². The monoisotopic (exact) mass is 251 g/mol. The van der Waals surface area contributed by atoms with Crippen LogP contribution in [0.4, 0.5) is 0 Å². The third-order valence-electron chi connectivity index (χ3n) is 2.53. The van der Waals surface area contributed by atoms with Gasteiger partial charge < -0.3 is 9.05 Å². The van der Waals surface area contributed by atoms with E-state index >= 15 is 0 Å². The van der Waals surface area contributed by atoms with E-state index in [1.165, 1.54) is 0 Å². The molecule has 18 heavy (non-hydrogen) atoms. The predicted octanol–water partition coefficient (Wildman–Crippen LogP) is 1.56. The molecule has 0 amide bonds. The molecule has 2 heterocycles. The Kier molecular flexibility index (Phi) is 3.71. The molecule has 1 atom stereocenters. The summed E-state index contributed by atoms with van der Waals surface area (Å²) in [5, 5.41) is 10.9. The molecule has 2 aromatic rings. The first kappa shape index (κ1) is 12.7. The summed E-state index contributed by atoms with van der Waals surface area (Å²) in [5.41, 5.74) is 0. The van der Waals surface area contributed by atoms with Crippen LogP contribution in [0.1, 0.15) is 43.3 Å². The van der Waals surface area contributed by atoms with Gasteiger partial charge >= 0.3 is 0 Å². The number of aromatic nitrogens is 4. The second kappa shape index (κ2) is 5.26. The van der Waals surface area contributed by atoms with Crippen LogP contribution in [-0.4, -0.2) is 20.3 Å². The van der Waals surface area contributed by atoms with Crippen molar-refractivity contribution in [3.8, 4) is 0 Å². The number of aryl methyl sites for hydroxylation is 2. The Morgan fingerprint density at radius 2 is 1.89 bits per heavy atom. The van der Waals surface area contributed by atoms with Crippen molar-refractivity contribution in [3.05, 3.63) is 23.4 Å². The Balaban J connectivity index is 2.03. The Morgan fingerprint density at radius 3 is 2.39 bits per heavy atom. The van der Waals surface area contributed by atoms with Crippen molar-refractivity contribution >= 4 is 0 Å². The molecule has 7 nitrogen and oxygen atoms in total. The molecule has 0 saturated heterocycles. The highest BCUT2D eigenvalue weighted by Gasteiger charge is 2.22. The molecule has 7 heteroatoms. The van der Waals surface area contributed by atoms with Gasteiger partial charge in [-0.15, -0.1) is 0 Å². The number of nitrogens with one attached hydrogen (secondary N) is 1. The van der Waals surface area contributed by atoms with Gasteiger partial charge in [0.05, 0.1) is 12.6 Å². The number of rotatable bonds is 5. The van der Waals surface area contributed by atoms with Gasteiger partial charge in [0.25, 0.3) is 0 Å². The van der Waals surface area contributed by atoms with E-state index in [0.717, 1.165) is 0 Å². The minimum Gasteiger partial charge on any atom is -0.340 e. The number of nitrogens with zero attached hydrogens (tertiary/aromatic N) is 4. The van der Waals surface area contributed by atoms with Crippen molar-refractivity contribution in [2.24, 2.45) is 5.92 Å². The number of hydrogen-bond acceptors (Lipinski definition) is 7. The summed E-state index contributed by atoms with van der Waals surface area (Å²) < 4.78 is 10.1. The molecule has 0 unspecified atom stereocenters. The van der Waals surface area contributed by atoms with Gasteiger partial charge in [-0.1, -0.05) is 24.2 Å². The first-order valence-electron chi connectivity index (χ1n) is 5.89. The molecule has 0 aliphatic heterocycles. The summed E-state index contributed by atoms with van der Waals surface area (Å²) in [6, 6.07) is -0.0231. The van der Waals surface area contributed by atoms with E-state index in [0.29, 0.717) is 35.9 Å². The normalized spacial score (nSPS) is 13.2. The van der Waals surface area contributed by atoms with Gasteiger partial charge in [0.1, 0.15) is 0 Å². The highest BCUT2D eigenvalue weighted by molar-refractivity contribution is 4.94. The maximum Gasteiger partial charge on any atom is 0.244 e. The molecule has 0 aliphatic carbocycles. The molecular weight excluding hydrogens is 234 g/mol. The molecule has 0 fully saturated rings. The molecule has 0 aliphatic rings. The molecule has 1 N–H and O–H groups in total. The quantitative estimate of drug-likeness (QED) is 0.862. The Morgan fingerprint density at radius 1 is 1.11 bits per heavy atom. The fourth-order valence-electron chi connectivity index (χ4n) is 1.66. The molecule has 0 spiro atoms. The fourth-order valence-corrected chi connectivity index (χ4v) is 1.66. The van der Waals surface area contributed by atoms with E-state index in [4.69, 9.17) is 9.05 Å². The molecule has 0 saturated carbocycles. The van der Waals surface area contributed by atoms with Gasteiger partial charge in [-0.25, -0.2) is 0 Å². The highest BCUT2D eigenvalue weighted by Crippen LogP contribution is 2.20. The Labute approximate surface area is 105 Å². The zero-order chi connectivity index (χ0) is 13.1. The first-order valence-corrected chi connectivity index (χ1v) is 5.89. The zero-order valence-corrected chi connectivity index (χ0v) is 11.0. The highest BCUT2D eigenvalue weighted by atomic mass is 16.5. The van der Waals surface area contributed by atoms with Crippen molar-refractivity contribution in [2.45, 2.75) is 40.3 Å². The lowest BCUT2D eigenvalue weighted by Crippen LogP contribution is -2.26. The molecular formula is C11H17N5O2. The van der Waals surface area contributed by atoms with Crippen molar-refractivity contribution < 1.29 is 9.05 Å². The standard InChI is InChI=1S/C11H17N5O2/c1-6(2)10(11-13-7(3)15-18-11)12-5-9-14-8(4)17-16-9/h6,10,12H,5H2,1-4H3/t10-/m1/s1. The average Bonchev–Trinajstić information content (AvgIpc) is 2.88. The van der Waals surface area contributed by atoms with Gasteiger partial charge in [0.2, 0.25) is 11.8 Å². The topological polar surface area (TPSA) is 89.9 Å². The van der Waals surface area contributed by atoms with E-state index in [2.05, 4.69) is 39.4 Å². The van der Waals surface area contributed by atoms with Crippen LogP contribution in [-0.2, 0) is 6.54 Å². The van der Waals surface area contributed by atoms with Gasteiger partial charge in [-0.05, 0) is 12.8 Å². The Hall–Kier alpha value is -1.76. The molecule has 2 rings (SSSR count). The summed E-state index contributed by atoms with van der Waals surface area (Å²) in [4.78, 5) is 8.38. The minimum absolute atomic E-state index is 0.0231.